The van der Waals surface area contributed by atoms with E-state index in [1.807, 2.05) is 37.3 Å². The van der Waals surface area contributed by atoms with E-state index in [1.165, 1.54) is 14.2 Å². The molecule has 2 atom stereocenters. The summed E-state index contributed by atoms with van der Waals surface area (Å²) in [6.07, 6.45) is -0.0824. The maximum absolute atomic E-state index is 12.0. The molecular weight excluding hydrogens is 352 g/mol. The van der Waals surface area contributed by atoms with Crippen molar-refractivity contribution in [2.24, 2.45) is 0 Å². The van der Waals surface area contributed by atoms with Gasteiger partial charge in [-0.25, -0.2) is 4.79 Å². The number of amides is 2. The van der Waals surface area contributed by atoms with E-state index in [-0.39, 0.29) is 37.6 Å². The first-order chi connectivity index (χ1) is 12.9. The number of carbonyl (C=O) groups excluding carboxylic acids is 4. The highest BCUT2D eigenvalue weighted by atomic mass is 16.5. The Balaban J connectivity index is 2.45. The summed E-state index contributed by atoms with van der Waals surface area (Å²) in [5.74, 6) is -1.90. The second-order valence-electron chi connectivity index (χ2n) is 5.96. The maximum atomic E-state index is 12.0. The van der Waals surface area contributed by atoms with Gasteiger partial charge in [-0.05, 0) is 18.9 Å². The second kappa shape index (κ2) is 11.7. The highest BCUT2D eigenvalue weighted by molar-refractivity contribution is 5.87. The molecule has 27 heavy (non-hydrogen) atoms. The van der Waals surface area contributed by atoms with E-state index in [0.717, 1.165) is 5.56 Å². The van der Waals surface area contributed by atoms with Gasteiger partial charge in [0.05, 0.1) is 20.3 Å². The monoisotopic (exact) mass is 378 g/mol. The summed E-state index contributed by atoms with van der Waals surface area (Å²) in [7, 11) is 2.43. The third-order valence-electron chi connectivity index (χ3n) is 3.94. The Morgan fingerprint density at radius 2 is 1.48 bits per heavy atom. The molecule has 0 saturated carbocycles. The molecule has 0 spiro atoms. The Kier molecular flexibility index (Phi) is 9.57. The molecule has 0 aliphatic rings. The lowest BCUT2D eigenvalue weighted by molar-refractivity contribution is -0.146. The number of carbonyl (C=O) groups is 4. The maximum Gasteiger partial charge on any atom is 0.328 e. The predicted octanol–water partition coefficient (Wildman–Crippen LogP) is 1.25. The molecule has 0 radical (unpaired) electrons. The molecule has 0 aliphatic heterocycles. The molecule has 0 unspecified atom stereocenters. The van der Waals surface area contributed by atoms with Gasteiger partial charge in [-0.15, -0.1) is 0 Å². The van der Waals surface area contributed by atoms with E-state index >= 15 is 0 Å². The van der Waals surface area contributed by atoms with Crippen LogP contribution in [0, 0.1) is 0 Å². The SMILES string of the molecule is COC(=O)CC[C@@H](NC(=O)CCC(=O)N[C@H](C)c1ccccc1)C(=O)OC. The second-order valence-corrected chi connectivity index (χ2v) is 5.96. The number of rotatable bonds is 10. The van der Waals surface area contributed by atoms with Crippen LogP contribution in [0.1, 0.15) is 44.2 Å². The van der Waals surface area contributed by atoms with Gasteiger partial charge < -0.3 is 20.1 Å². The van der Waals surface area contributed by atoms with Crippen molar-refractivity contribution < 1.29 is 28.7 Å². The number of methoxy groups -OCH3 is 2. The number of esters is 2. The third kappa shape index (κ3) is 8.35. The van der Waals surface area contributed by atoms with Gasteiger partial charge in [0.25, 0.3) is 0 Å². The molecule has 2 N–H and O–H groups in total. The van der Waals surface area contributed by atoms with Crippen molar-refractivity contribution in [2.45, 2.75) is 44.7 Å². The van der Waals surface area contributed by atoms with E-state index in [0.29, 0.717) is 0 Å². The van der Waals surface area contributed by atoms with E-state index in [2.05, 4.69) is 20.1 Å². The molecule has 0 aliphatic carbocycles. The Bertz CT molecular complexity index is 647. The number of hydrogen-bond acceptors (Lipinski definition) is 6. The molecule has 1 aromatic rings. The van der Waals surface area contributed by atoms with Gasteiger partial charge in [0.1, 0.15) is 6.04 Å². The smallest absolute Gasteiger partial charge is 0.328 e. The fourth-order valence-electron chi connectivity index (χ4n) is 2.39. The molecular formula is C19H26N2O6. The summed E-state index contributed by atoms with van der Waals surface area (Å²) in [5, 5.41) is 5.30. The van der Waals surface area contributed by atoms with Crippen LogP contribution >= 0.6 is 0 Å². The molecule has 1 rings (SSSR count). The quantitative estimate of drug-likeness (QED) is 0.593. The van der Waals surface area contributed by atoms with Crippen molar-refractivity contribution in [3.63, 3.8) is 0 Å². The highest BCUT2D eigenvalue weighted by Crippen LogP contribution is 2.11. The summed E-state index contributed by atoms with van der Waals surface area (Å²) in [6, 6.07) is 8.32. The Morgan fingerprint density at radius 3 is 2.04 bits per heavy atom. The fraction of sp³-hybridized carbons (Fsp3) is 0.474. The van der Waals surface area contributed by atoms with Crippen molar-refractivity contribution in [2.75, 3.05) is 14.2 Å². The summed E-state index contributed by atoms with van der Waals surface area (Å²) in [4.78, 5) is 47.0. The van der Waals surface area contributed by atoms with Gasteiger partial charge in [-0.2, -0.15) is 0 Å². The lowest BCUT2D eigenvalue weighted by atomic mass is 10.1. The Labute approximate surface area is 158 Å². The van der Waals surface area contributed by atoms with Gasteiger partial charge in [-0.3, -0.25) is 14.4 Å². The molecule has 0 aromatic heterocycles. The zero-order valence-electron chi connectivity index (χ0n) is 15.8. The standard InChI is InChI=1S/C19H26N2O6/c1-13(14-7-5-4-6-8-14)20-16(22)10-11-17(23)21-15(19(25)27-3)9-12-18(24)26-2/h4-8,13,15H,9-12H2,1-3H3,(H,20,22)(H,21,23)/t13-,15-/m1/s1. The van der Waals surface area contributed by atoms with Crippen LogP contribution in [0.5, 0.6) is 0 Å². The minimum Gasteiger partial charge on any atom is -0.469 e. The first-order valence-electron chi connectivity index (χ1n) is 8.65. The molecule has 8 nitrogen and oxygen atoms in total. The molecule has 0 fully saturated rings. The Hall–Kier alpha value is -2.90. The van der Waals surface area contributed by atoms with Crippen LogP contribution in [0.3, 0.4) is 0 Å². The lowest BCUT2D eigenvalue weighted by Gasteiger charge is -2.17. The van der Waals surface area contributed by atoms with Gasteiger partial charge in [0, 0.05) is 19.3 Å². The average molecular weight is 378 g/mol. The molecule has 0 bridgehead atoms. The Morgan fingerprint density at radius 1 is 0.889 bits per heavy atom. The lowest BCUT2D eigenvalue weighted by Crippen LogP contribution is -2.42. The zero-order valence-corrected chi connectivity index (χ0v) is 15.8. The van der Waals surface area contributed by atoms with Crippen molar-refractivity contribution >= 4 is 23.8 Å². The van der Waals surface area contributed by atoms with Crippen LogP contribution < -0.4 is 10.6 Å². The minimum atomic E-state index is -0.965. The topological polar surface area (TPSA) is 111 Å². The average Bonchev–Trinajstić information content (AvgIpc) is 2.69. The number of benzene rings is 1. The zero-order chi connectivity index (χ0) is 20.2. The van der Waals surface area contributed by atoms with Crippen LogP contribution in [0.25, 0.3) is 0 Å². The van der Waals surface area contributed by atoms with Crippen molar-refractivity contribution in [3.05, 3.63) is 35.9 Å². The van der Waals surface area contributed by atoms with Crippen molar-refractivity contribution in [3.8, 4) is 0 Å². The minimum absolute atomic E-state index is 0.0199. The van der Waals surface area contributed by atoms with Gasteiger partial charge in [-0.1, -0.05) is 30.3 Å². The first-order valence-corrected chi connectivity index (χ1v) is 8.65. The van der Waals surface area contributed by atoms with Gasteiger partial charge in [0.2, 0.25) is 11.8 Å². The number of hydrogen-bond donors (Lipinski definition) is 2. The number of nitrogens with one attached hydrogen (secondary N) is 2. The summed E-state index contributed by atoms with van der Waals surface area (Å²) in [5.41, 5.74) is 0.962. The molecule has 2 amide bonds. The molecule has 1 aromatic carbocycles. The summed E-state index contributed by atoms with van der Waals surface area (Å²) < 4.78 is 9.14. The van der Waals surface area contributed by atoms with E-state index in [9.17, 15) is 19.2 Å². The molecule has 0 saturated heterocycles. The summed E-state index contributed by atoms with van der Waals surface area (Å²) >= 11 is 0. The van der Waals surface area contributed by atoms with Crippen LogP contribution in [-0.4, -0.2) is 44.0 Å². The van der Waals surface area contributed by atoms with Crippen LogP contribution in [0.2, 0.25) is 0 Å². The van der Waals surface area contributed by atoms with Crippen molar-refractivity contribution in [1.82, 2.24) is 10.6 Å². The van der Waals surface area contributed by atoms with Gasteiger partial charge >= 0.3 is 11.9 Å². The molecule has 148 valence electrons. The number of ether oxygens (including phenoxy) is 2. The van der Waals surface area contributed by atoms with E-state index < -0.39 is 23.9 Å². The van der Waals surface area contributed by atoms with E-state index in [4.69, 9.17) is 0 Å². The largest absolute Gasteiger partial charge is 0.469 e. The predicted molar refractivity (Wildman–Crippen MR) is 97.4 cm³/mol. The first kappa shape index (κ1) is 22.1. The van der Waals surface area contributed by atoms with E-state index in [1.54, 1.807) is 0 Å². The molecule has 0 heterocycles. The van der Waals surface area contributed by atoms with Crippen molar-refractivity contribution in [1.29, 1.82) is 0 Å². The molecule has 8 heteroatoms. The van der Waals surface area contributed by atoms with Crippen LogP contribution in [0.4, 0.5) is 0 Å². The third-order valence-corrected chi connectivity index (χ3v) is 3.94. The highest BCUT2D eigenvalue weighted by Gasteiger charge is 2.23. The van der Waals surface area contributed by atoms with Gasteiger partial charge in [0.15, 0.2) is 0 Å². The van der Waals surface area contributed by atoms with Crippen LogP contribution in [0.15, 0.2) is 30.3 Å². The summed E-state index contributed by atoms with van der Waals surface area (Å²) in [6.45, 7) is 1.85. The van der Waals surface area contributed by atoms with Crippen LogP contribution in [-0.2, 0) is 28.7 Å². The fourth-order valence-corrected chi connectivity index (χ4v) is 2.39. The normalized spacial score (nSPS) is 12.4.